The molecular formula is C23H35IN6O. The molecule has 2 heterocycles. The lowest BCUT2D eigenvalue weighted by molar-refractivity contribution is -0.122. The van der Waals surface area contributed by atoms with Gasteiger partial charge in [-0.2, -0.15) is 0 Å². The summed E-state index contributed by atoms with van der Waals surface area (Å²) in [6.45, 7) is 9.66. The summed E-state index contributed by atoms with van der Waals surface area (Å²) in [5, 5.41) is 6.52. The van der Waals surface area contributed by atoms with Crippen LogP contribution in [-0.4, -0.2) is 80.1 Å². The fourth-order valence-corrected chi connectivity index (χ4v) is 3.95. The maximum absolute atomic E-state index is 12.1. The summed E-state index contributed by atoms with van der Waals surface area (Å²) in [6, 6.07) is 9.12. The quantitative estimate of drug-likeness (QED) is 0.241. The highest BCUT2D eigenvalue weighted by Crippen LogP contribution is 2.19. The third-order valence-electron chi connectivity index (χ3n) is 5.82. The fraction of sp³-hybridized carbons (Fsp3) is 0.565. The molecule has 170 valence electrons. The van der Waals surface area contributed by atoms with E-state index in [1.807, 2.05) is 0 Å². The van der Waals surface area contributed by atoms with E-state index in [9.17, 15) is 4.79 Å². The molecular weight excluding hydrogens is 503 g/mol. The van der Waals surface area contributed by atoms with Crippen molar-refractivity contribution in [3.8, 4) is 0 Å². The second-order valence-electron chi connectivity index (χ2n) is 8.32. The first-order valence-electron chi connectivity index (χ1n) is 11.2. The van der Waals surface area contributed by atoms with Crippen LogP contribution in [-0.2, 0) is 11.3 Å². The van der Waals surface area contributed by atoms with Gasteiger partial charge in [-0.25, -0.2) is 4.99 Å². The average Bonchev–Trinajstić information content (AvgIpc) is 3.39. The Labute approximate surface area is 203 Å². The van der Waals surface area contributed by atoms with Gasteiger partial charge in [0.1, 0.15) is 0 Å². The number of amides is 1. The lowest BCUT2D eigenvalue weighted by atomic mass is 10.2. The van der Waals surface area contributed by atoms with E-state index in [0.29, 0.717) is 19.1 Å². The van der Waals surface area contributed by atoms with Crippen molar-refractivity contribution in [3.05, 3.63) is 42.0 Å². The van der Waals surface area contributed by atoms with Gasteiger partial charge in [0.15, 0.2) is 5.96 Å². The van der Waals surface area contributed by atoms with Crippen LogP contribution in [0.25, 0.3) is 0 Å². The average molecular weight is 538 g/mol. The van der Waals surface area contributed by atoms with E-state index in [0.717, 1.165) is 64.6 Å². The predicted molar refractivity (Wildman–Crippen MR) is 137 cm³/mol. The zero-order chi connectivity index (χ0) is 20.8. The second kappa shape index (κ2) is 11.7. The highest BCUT2D eigenvalue weighted by atomic mass is 127. The van der Waals surface area contributed by atoms with Gasteiger partial charge in [0.05, 0.1) is 13.1 Å². The summed E-state index contributed by atoms with van der Waals surface area (Å²) in [5.74, 6) is 1.13. The Bertz CT molecular complexity index is 778. The first-order chi connectivity index (χ1) is 14.7. The summed E-state index contributed by atoms with van der Waals surface area (Å²) in [4.78, 5) is 23.9. The van der Waals surface area contributed by atoms with Crippen LogP contribution in [0.3, 0.4) is 0 Å². The molecule has 2 aliphatic heterocycles. The van der Waals surface area contributed by atoms with Crippen LogP contribution in [0.5, 0.6) is 0 Å². The molecule has 2 N–H and O–H groups in total. The van der Waals surface area contributed by atoms with Crippen LogP contribution in [0.15, 0.2) is 41.4 Å². The molecule has 31 heavy (non-hydrogen) atoms. The topological polar surface area (TPSA) is 63.2 Å². The SMILES string of the molecule is CCNC(=NCc1cccc(N2CC=CC2)c1)N1CCN(CC(=O)NC2CC2)CC1.I. The van der Waals surface area contributed by atoms with Gasteiger partial charge in [0.2, 0.25) is 5.91 Å². The number of hydrogen-bond acceptors (Lipinski definition) is 4. The Balaban J connectivity index is 0.00000272. The minimum atomic E-state index is 0. The van der Waals surface area contributed by atoms with Crippen LogP contribution in [0, 0.1) is 0 Å². The molecule has 0 bridgehead atoms. The lowest BCUT2D eigenvalue weighted by Crippen LogP contribution is -2.54. The molecule has 7 nitrogen and oxygen atoms in total. The standard InChI is InChI=1S/C23H34N6O.HI/c1-2-24-23(25-17-19-6-5-7-21(16-19)28-10-3-4-11-28)29-14-12-27(13-15-29)18-22(30)26-20-8-9-20;/h3-7,16,20H,2,8-15,17-18H2,1H3,(H,24,25)(H,26,30);1H. The number of aliphatic imine (C=N–C) groups is 1. The Morgan fingerprint density at radius 1 is 1.13 bits per heavy atom. The number of benzene rings is 1. The van der Waals surface area contributed by atoms with E-state index in [1.165, 1.54) is 11.3 Å². The van der Waals surface area contributed by atoms with Crippen LogP contribution >= 0.6 is 24.0 Å². The van der Waals surface area contributed by atoms with Crippen molar-refractivity contribution in [2.24, 2.45) is 4.99 Å². The molecule has 1 saturated heterocycles. The summed E-state index contributed by atoms with van der Waals surface area (Å²) in [6.07, 6.45) is 6.70. The summed E-state index contributed by atoms with van der Waals surface area (Å²) >= 11 is 0. The summed E-state index contributed by atoms with van der Waals surface area (Å²) < 4.78 is 0. The first-order valence-corrected chi connectivity index (χ1v) is 11.2. The van der Waals surface area contributed by atoms with Crippen LogP contribution in [0.1, 0.15) is 25.3 Å². The van der Waals surface area contributed by atoms with Gasteiger partial charge in [-0.3, -0.25) is 9.69 Å². The number of halogens is 1. The van der Waals surface area contributed by atoms with Gasteiger partial charge in [-0.05, 0) is 37.5 Å². The molecule has 1 aliphatic carbocycles. The van der Waals surface area contributed by atoms with Crippen molar-refractivity contribution in [1.29, 1.82) is 0 Å². The highest BCUT2D eigenvalue weighted by molar-refractivity contribution is 14.0. The summed E-state index contributed by atoms with van der Waals surface area (Å²) in [5.41, 5.74) is 2.49. The molecule has 1 saturated carbocycles. The van der Waals surface area contributed by atoms with Crippen LogP contribution < -0.4 is 15.5 Å². The van der Waals surface area contributed by atoms with E-state index in [4.69, 9.17) is 4.99 Å². The molecule has 0 unspecified atom stereocenters. The second-order valence-corrected chi connectivity index (χ2v) is 8.32. The van der Waals surface area contributed by atoms with E-state index in [1.54, 1.807) is 0 Å². The number of nitrogens with one attached hydrogen (secondary N) is 2. The number of hydrogen-bond donors (Lipinski definition) is 2. The molecule has 1 aromatic carbocycles. The maximum atomic E-state index is 12.1. The molecule has 8 heteroatoms. The van der Waals surface area contributed by atoms with E-state index in [-0.39, 0.29) is 29.9 Å². The minimum absolute atomic E-state index is 0. The fourth-order valence-electron chi connectivity index (χ4n) is 3.95. The summed E-state index contributed by atoms with van der Waals surface area (Å²) in [7, 11) is 0. The monoisotopic (exact) mass is 538 g/mol. The zero-order valence-electron chi connectivity index (χ0n) is 18.4. The molecule has 0 atom stereocenters. The van der Waals surface area contributed by atoms with Crippen molar-refractivity contribution < 1.29 is 4.79 Å². The molecule has 2 fully saturated rings. The van der Waals surface area contributed by atoms with E-state index in [2.05, 4.69) is 68.7 Å². The molecule has 1 aromatic rings. The van der Waals surface area contributed by atoms with Crippen LogP contribution in [0.2, 0.25) is 0 Å². The first kappa shape index (κ1) is 23.8. The van der Waals surface area contributed by atoms with Gasteiger partial charge in [-0.15, -0.1) is 24.0 Å². The minimum Gasteiger partial charge on any atom is -0.364 e. The Morgan fingerprint density at radius 3 is 2.55 bits per heavy atom. The Hall–Kier alpha value is -1.81. The van der Waals surface area contributed by atoms with Gasteiger partial charge in [0.25, 0.3) is 0 Å². The smallest absolute Gasteiger partial charge is 0.234 e. The Kier molecular flexibility index (Phi) is 9.01. The normalized spacial score (nSPS) is 19.3. The maximum Gasteiger partial charge on any atom is 0.234 e. The van der Waals surface area contributed by atoms with Gasteiger partial charge in [0, 0.05) is 57.5 Å². The van der Waals surface area contributed by atoms with E-state index >= 15 is 0 Å². The number of anilines is 1. The lowest BCUT2D eigenvalue weighted by Gasteiger charge is -2.36. The molecule has 0 spiro atoms. The largest absolute Gasteiger partial charge is 0.364 e. The predicted octanol–water partition coefficient (Wildman–Crippen LogP) is 2.04. The zero-order valence-corrected chi connectivity index (χ0v) is 20.8. The number of guanidine groups is 1. The number of rotatable bonds is 7. The molecule has 0 aromatic heterocycles. The van der Waals surface area contributed by atoms with Gasteiger partial charge < -0.3 is 20.4 Å². The third-order valence-corrected chi connectivity index (χ3v) is 5.82. The van der Waals surface area contributed by atoms with Crippen molar-refractivity contribution in [3.63, 3.8) is 0 Å². The number of carbonyl (C=O) groups excluding carboxylic acids is 1. The number of piperazine rings is 1. The number of carbonyl (C=O) groups is 1. The Morgan fingerprint density at radius 2 is 1.87 bits per heavy atom. The van der Waals surface area contributed by atoms with Crippen molar-refractivity contribution in [1.82, 2.24) is 20.4 Å². The van der Waals surface area contributed by atoms with Crippen molar-refractivity contribution in [2.45, 2.75) is 32.4 Å². The van der Waals surface area contributed by atoms with E-state index < -0.39 is 0 Å². The molecule has 0 radical (unpaired) electrons. The molecule has 4 rings (SSSR count). The van der Waals surface area contributed by atoms with Gasteiger partial charge >= 0.3 is 0 Å². The van der Waals surface area contributed by atoms with Crippen molar-refractivity contribution >= 4 is 41.5 Å². The van der Waals surface area contributed by atoms with Crippen molar-refractivity contribution in [2.75, 3.05) is 57.3 Å². The molecule has 3 aliphatic rings. The van der Waals surface area contributed by atoms with Crippen LogP contribution in [0.4, 0.5) is 5.69 Å². The molecule has 1 amide bonds. The third kappa shape index (κ3) is 7.10. The highest BCUT2D eigenvalue weighted by Gasteiger charge is 2.25. The number of nitrogens with zero attached hydrogens (tertiary/aromatic N) is 4. The van der Waals surface area contributed by atoms with Gasteiger partial charge in [-0.1, -0.05) is 24.3 Å².